The smallest absolute Gasteiger partial charge is 0.266 e. The summed E-state index contributed by atoms with van der Waals surface area (Å²) in [5.74, 6) is 0.770. The predicted octanol–water partition coefficient (Wildman–Crippen LogP) is 2.48. The van der Waals surface area contributed by atoms with Gasteiger partial charge in [-0.05, 0) is 30.2 Å². The van der Waals surface area contributed by atoms with E-state index in [2.05, 4.69) is 4.98 Å². The van der Waals surface area contributed by atoms with E-state index >= 15 is 0 Å². The highest BCUT2D eigenvalue weighted by molar-refractivity contribution is 5.68. The van der Waals surface area contributed by atoms with Crippen molar-refractivity contribution in [1.82, 2.24) is 4.98 Å². The van der Waals surface area contributed by atoms with Crippen LogP contribution >= 0.6 is 0 Å². The molecule has 1 N–H and O–H groups in total. The number of hydrogen-bond acceptors (Lipinski definition) is 3. The van der Waals surface area contributed by atoms with Gasteiger partial charge in [-0.3, -0.25) is 4.79 Å². The average Bonchev–Trinajstić information content (AvgIpc) is 2.47. The SMILES string of the molecule is CCc1[nH]c(=O)c(C#N)cc1-c1ccc(OC)cc1. The Morgan fingerprint density at radius 1 is 1.32 bits per heavy atom. The number of aryl methyl sites for hydroxylation is 1. The number of rotatable bonds is 3. The highest BCUT2D eigenvalue weighted by atomic mass is 16.5. The fraction of sp³-hybridized carbons (Fsp3) is 0.200. The van der Waals surface area contributed by atoms with E-state index < -0.39 is 0 Å². The van der Waals surface area contributed by atoms with Crippen molar-refractivity contribution in [3.8, 4) is 22.9 Å². The zero-order valence-electron chi connectivity index (χ0n) is 10.9. The molecule has 0 radical (unpaired) electrons. The number of nitrogens with one attached hydrogen (secondary N) is 1. The van der Waals surface area contributed by atoms with Crippen LogP contribution in [0.2, 0.25) is 0 Å². The Morgan fingerprint density at radius 3 is 2.53 bits per heavy atom. The summed E-state index contributed by atoms with van der Waals surface area (Å²) in [5.41, 5.74) is 2.44. The fourth-order valence-electron chi connectivity index (χ4n) is 1.96. The Bertz CT molecular complexity index is 679. The number of ether oxygens (including phenoxy) is 1. The molecule has 0 fully saturated rings. The average molecular weight is 254 g/mol. The van der Waals surface area contributed by atoms with Gasteiger partial charge >= 0.3 is 0 Å². The minimum atomic E-state index is -0.336. The number of nitrogens with zero attached hydrogens (tertiary/aromatic N) is 1. The number of pyridine rings is 1. The number of hydrogen-bond donors (Lipinski definition) is 1. The Morgan fingerprint density at radius 2 is 2.00 bits per heavy atom. The molecule has 96 valence electrons. The second-order valence-electron chi connectivity index (χ2n) is 4.10. The first-order valence-corrected chi connectivity index (χ1v) is 6.00. The molecule has 0 aliphatic heterocycles. The van der Waals surface area contributed by atoms with Crippen LogP contribution < -0.4 is 10.3 Å². The van der Waals surface area contributed by atoms with E-state index in [0.29, 0.717) is 6.42 Å². The molecule has 1 heterocycles. The van der Waals surface area contributed by atoms with Crippen LogP contribution in [0.4, 0.5) is 0 Å². The topological polar surface area (TPSA) is 65.9 Å². The van der Waals surface area contributed by atoms with Crippen molar-refractivity contribution in [2.45, 2.75) is 13.3 Å². The van der Waals surface area contributed by atoms with Gasteiger partial charge in [0.1, 0.15) is 17.4 Å². The maximum absolute atomic E-state index is 11.6. The molecule has 0 amide bonds. The number of methoxy groups -OCH3 is 1. The number of H-pyrrole nitrogens is 1. The Hall–Kier alpha value is -2.54. The molecule has 2 rings (SSSR count). The lowest BCUT2D eigenvalue weighted by molar-refractivity contribution is 0.415. The highest BCUT2D eigenvalue weighted by Gasteiger charge is 2.09. The number of benzene rings is 1. The summed E-state index contributed by atoms with van der Waals surface area (Å²) < 4.78 is 5.12. The molecule has 4 nitrogen and oxygen atoms in total. The quantitative estimate of drug-likeness (QED) is 0.915. The summed E-state index contributed by atoms with van der Waals surface area (Å²) >= 11 is 0. The van der Waals surface area contributed by atoms with E-state index in [0.717, 1.165) is 22.6 Å². The molecule has 1 aromatic heterocycles. The van der Waals surface area contributed by atoms with Crippen molar-refractivity contribution < 1.29 is 4.74 Å². The van der Waals surface area contributed by atoms with Crippen LogP contribution in [0.25, 0.3) is 11.1 Å². The van der Waals surface area contributed by atoms with E-state index in [9.17, 15) is 4.79 Å². The highest BCUT2D eigenvalue weighted by Crippen LogP contribution is 2.25. The first-order valence-electron chi connectivity index (χ1n) is 6.00. The molecular formula is C15H14N2O2. The molecule has 4 heteroatoms. The normalized spacial score (nSPS) is 9.95. The summed E-state index contributed by atoms with van der Waals surface area (Å²) in [6, 6.07) is 11.1. The number of aromatic amines is 1. The number of aromatic nitrogens is 1. The molecule has 0 aliphatic rings. The van der Waals surface area contributed by atoms with Gasteiger partial charge in [-0.2, -0.15) is 5.26 Å². The number of nitriles is 1. The largest absolute Gasteiger partial charge is 0.497 e. The van der Waals surface area contributed by atoms with Crippen LogP contribution in [0.1, 0.15) is 18.2 Å². The van der Waals surface area contributed by atoms with Gasteiger partial charge in [-0.15, -0.1) is 0 Å². The van der Waals surface area contributed by atoms with Gasteiger partial charge < -0.3 is 9.72 Å². The van der Waals surface area contributed by atoms with Crippen LogP contribution in [-0.4, -0.2) is 12.1 Å². The van der Waals surface area contributed by atoms with Gasteiger partial charge in [0.2, 0.25) is 0 Å². The zero-order valence-corrected chi connectivity index (χ0v) is 10.9. The molecular weight excluding hydrogens is 240 g/mol. The van der Waals surface area contributed by atoms with Crippen LogP contribution in [0.3, 0.4) is 0 Å². The van der Waals surface area contributed by atoms with Gasteiger partial charge in [0, 0.05) is 11.3 Å². The monoisotopic (exact) mass is 254 g/mol. The van der Waals surface area contributed by atoms with Crippen molar-refractivity contribution in [2.24, 2.45) is 0 Å². The summed E-state index contributed by atoms with van der Waals surface area (Å²) in [7, 11) is 1.61. The predicted molar refractivity (Wildman–Crippen MR) is 73.1 cm³/mol. The molecule has 2 aromatic rings. The van der Waals surface area contributed by atoms with Gasteiger partial charge in [0.25, 0.3) is 5.56 Å². The Balaban J connectivity index is 2.59. The van der Waals surface area contributed by atoms with Gasteiger partial charge in [-0.25, -0.2) is 0 Å². The third kappa shape index (κ3) is 2.50. The van der Waals surface area contributed by atoms with Crippen molar-refractivity contribution in [3.63, 3.8) is 0 Å². The molecule has 0 saturated carbocycles. The minimum absolute atomic E-state index is 0.128. The Kier molecular flexibility index (Phi) is 3.67. The third-order valence-electron chi connectivity index (χ3n) is 3.00. The maximum atomic E-state index is 11.6. The van der Waals surface area contributed by atoms with Crippen LogP contribution in [0.5, 0.6) is 5.75 Å². The van der Waals surface area contributed by atoms with E-state index in [4.69, 9.17) is 10.00 Å². The van der Waals surface area contributed by atoms with Crippen molar-refractivity contribution in [1.29, 1.82) is 5.26 Å². The Labute approximate surface area is 111 Å². The van der Waals surface area contributed by atoms with Crippen LogP contribution in [0.15, 0.2) is 35.1 Å². The molecule has 0 spiro atoms. The summed E-state index contributed by atoms with van der Waals surface area (Å²) in [4.78, 5) is 14.4. The molecule has 0 aliphatic carbocycles. The lowest BCUT2D eigenvalue weighted by atomic mass is 10.0. The van der Waals surface area contributed by atoms with Gasteiger partial charge in [-0.1, -0.05) is 19.1 Å². The molecule has 0 unspecified atom stereocenters. The summed E-state index contributed by atoms with van der Waals surface area (Å²) in [6.07, 6.45) is 0.697. The zero-order chi connectivity index (χ0) is 13.8. The summed E-state index contributed by atoms with van der Waals surface area (Å²) in [6.45, 7) is 1.96. The lowest BCUT2D eigenvalue weighted by Crippen LogP contribution is -2.13. The molecule has 0 saturated heterocycles. The van der Waals surface area contributed by atoms with Crippen LogP contribution in [-0.2, 0) is 6.42 Å². The van der Waals surface area contributed by atoms with Crippen molar-refractivity contribution in [2.75, 3.05) is 7.11 Å². The fourth-order valence-corrected chi connectivity index (χ4v) is 1.96. The molecule has 0 atom stereocenters. The second-order valence-corrected chi connectivity index (χ2v) is 4.10. The maximum Gasteiger partial charge on any atom is 0.266 e. The van der Waals surface area contributed by atoms with Crippen molar-refractivity contribution >= 4 is 0 Å². The van der Waals surface area contributed by atoms with Crippen molar-refractivity contribution in [3.05, 3.63) is 51.9 Å². The first kappa shape index (κ1) is 12.9. The first-order chi connectivity index (χ1) is 9.19. The summed E-state index contributed by atoms with van der Waals surface area (Å²) in [5, 5.41) is 8.95. The molecule has 1 aromatic carbocycles. The van der Waals surface area contributed by atoms with E-state index in [1.54, 1.807) is 13.2 Å². The van der Waals surface area contributed by atoms with Gasteiger partial charge in [0.05, 0.1) is 7.11 Å². The minimum Gasteiger partial charge on any atom is -0.497 e. The lowest BCUT2D eigenvalue weighted by Gasteiger charge is -2.09. The second kappa shape index (κ2) is 5.40. The van der Waals surface area contributed by atoms with E-state index in [1.165, 1.54) is 0 Å². The van der Waals surface area contributed by atoms with Crippen LogP contribution in [0, 0.1) is 11.3 Å². The molecule has 0 bridgehead atoms. The van der Waals surface area contributed by atoms with E-state index in [1.807, 2.05) is 37.3 Å². The molecule has 19 heavy (non-hydrogen) atoms. The van der Waals surface area contributed by atoms with E-state index in [-0.39, 0.29) is 11.1 Å². The third-order valence-corrected chi connectivity index (χ3v) is 3.00. The van der Waals surface area contributed by atoms with Gasteiger partial charge in [0.15, 0.2) is 0 Å². The standard InChI is InChI=1S/C15H14N2O2/c1-3-14-13(8-11(9-16)15(18)17-14)10-4-6-12(19-2)7-5-10/h4-8H,3H2,1-2H3,(H,17,18).